The van der Waals surface area contributed by atoms with Crippen LogP contribution in [0.4, 0.5) is 0 Å². The number of aliphatic hydroxyl groups excluding tert-OH is 1. The van der Waals surface area contributed by atoms with E-state index in [9.17, 15) is 4.79 Å². The number of rotatable bonds is 5. The van der Waals surface area contributed by atoms with Crippen LogP contribution in [-0.4, -0.2) is 18.2 Å². The van der Waals surface area contributed by atoms with Gasteiger partial charge in [-0.25, -0.2) is 0 Å². The van der Waals surface area contributed by atoms with Crippen molar-refractivity contribution in [3.05, 3.63) is 23.8 Å². The molecule has 0 saturated carbocycles. The third-order valence-corrected chi connectivity index (χ3v) is 2.09. The van der Waals surface area contributed by atoms with E-state index in [1.54, 1.807) is 18.2 Å². The molecule has 1 rings (SSSR count). The number of ether oxygens (including phenoxy) is 2. The summed E-state index contributed by atoms with van der Waals surface area (Å²) in [6.07, 6.45) is 1.13. The van der Waals surface area contributed by atoms with Gasteiger partial charge in [0.2, 0.25) is 0 Å². The highest BCUT2D eigenvalue weighted by molar-refractivity contribution is 5.73. The molecule has 0 spiro atoms. The zero-order valence-electron chi connectivity index (χ0n) is 9.53. The Bertz CT molecular complexity index is 360. The number of benzene rings is 1. The number of aliphatic hydroxyl groups is 1. The van der Waals surface area contributed by atoms with Crippen molar-refractivity contribution in [2.75, 3.05) is 7.11 Å². The Morgan fingerprint density at radius 3 is 2.69 bits per heavy atom. The molecule has 1 N–H and O–H groups in total. The number of carbonyl (C=O) groups is 1. The molecule has 1 aromatic carbocycles. The zero-order chi connectivity index (χ0) is 12.0. The second-order valence-corrected chi connectivity index (χ2v) is 3.37. The molecular formula is C12H16O4. The minimum Gasteiger partial charge on any atom is -0.493 e. The van der Waals surface area contributed by atoms with Crippen LogP contribution in [0.1, 0.15) is 25.3 Å². The third-order valence-electron chi connectivity index (χ3n) is 2.09. The minimum absolute atomic E-state index is 0.0699. The average molecular weight is 224 g/mol. The summed E-state index contributed by atoms with van der Waals surface area (Å²) in [5, 5.41) is 8.95. The highest BCUT2D eigenvalue weighted by atomic mass is 16.6. The van der Waals surface area contributed by atoms with E-state index < -0.39 is 0 Å². The highest BCUT2D eigenvalue weighted by Crippen LogP contribution is 2.28. The van der Waals surface area contributed by atoms with Gasteiger partial charge in [0, 0.05) is 6.42 Å². The van der Waals surface area contributed by atoms with E-state index in [1.165, 1.54) is 7.11 Å². The Hall–Kier alpha value is -1.55. The van der Waals surface area contributed by atoms with Gasteiger partial charge in [0.05, 0.1) is 13.7 Å². The van der Waals surface area contributed by atoms with Crippen molar-refractivity contribution in [2.45, 2.75) is 26.4 Å². The summed E-state index contributed by atoms with van der Waals surface area (Å²) in [6.45, 7) is 1.84. The molecule has 88 valence electrons. The van der Waals surface area contributed by atoms with Crippen LogP contribution in [0, 0.1) is 0 Å². The van der Waals surface area contributed by atoms with Crippen molar-refractivity contribution in [1.82, 2.24) is 0 Å². The first-order valence-corrected chi connectivity index (χ1v) is 5.19. The van der Waals surface area contributed by atoms with Crippen molar-refractivity contribution >= 4 is 5.97 Å². The number of methoxy groups -OCH3 is 1. The van der Waals surface area contributed by atoms with Gasteiger partial charge in [-0.1, -0.05) is 13.0 Å². The van der Waals surface area contributed by atoms with Crippen LogP contribution in [0.5, 0.6) is 11.5 Å². The van der Waals surface area contributed by atoms with Crippen LogP contribution in [0.2, 0.25) is 0 Å². The second kappa shape index (κ2) is 6.12. The standard InChI is InChI=1S/C12H16O4/c1-3-4-12(14)16-10-6-5-9(8-13)7-11(10)15-2/h5-7,13H,3-4,8H2,1-2H3. The lowest BCUT2D eigenvalue weighted by atomic mass is 10.2. The predicted molar refractivity (Wildman–Crippen MR) is 59.5 cm³/mol. The lowest BCUT2D eigenvalue weighted by Gasteiger charge is -2.09. The maximum absolute atomic E-state index is 11.3. The van der Waals surface area contributed by atoms with Crippen LogP contribution in [-0.2, 0) is 11.4 Å². The van der Waals surface area contributed by atoms with Crippen LogP contribution < -0.4 is 9.47 Å². The molecule has 0 unspecified atom stereocenters. The molecule has 1 aromatic rings. The van der Waals surface area contributed by atoms with E-state index in [-0.39, 0.29) is 12.6 Å². The fourth-order valence-corrected chi connectivity index (χ4v) is 1.27. The van der Waals surface area contributed by atoms with Gasteiger partial charge >= 0.3 is 5.97 Å². The molecule has 4 heteroatoms. The van der Waals surface area contributed by atoms with Crippen molar-refractivity contribution in [3.63, 3.8) is 0 Å². The van der Waals surface area contributed by atoms with Crippen LogP contribution >= 0.6 is 0 Å². The average Bonchev–Trinajstić information content (AvgIpc) is 2.30. The van der Waals surface area contributed by atoms with E-state index in [0.29, 0.717) is 23.5 Å². The summed E-state index contributed by atoms with van der Waals surface area (Å²) in [6, 6.07) is 4.96. The third kappa shape index (κ3) is 3.24. The Morgan fingerprint density at radius 2 is 2.12 bits per heavy atom. The SMILES string of the molecule is CCCC(=O)Oc1ccc(CO)cc1OC. The Balaban J connectivity index is 2.83. The van der Waals surface area contributed by atoms with E-state index in [0.717, 1.165) is 6.42 Å². The molecule has 0 aromatic heterocycles. The number of hydrogen-bond donors (Lipinski definition) is 1. The van der Waals surface area contributed by atoms with E-state index in [4.69, 9.17) is 14.6 Å². The van der Waals surface area contributed by atoms with Crippen LogP contribution in [0.25, 0.3) is 0 Å². The second-order valence-electron chi connectivity index (χ2n) is 3.37. The molecule has 0 aliphatic rings. The van der Waals surface area contributed by atoms with Gasteiger partial charge in [-0.05, 0) is 24.1 Å². The topological polar surface area (TPSA) is 55.8 Å². The van der Waals surface area contributed by atoms with Crippen LogP contribution in [0.3, 0.4) is 0 Å². The molecular weight excluding hydrogens is 208 g/mol. The molecule has 0 atom stereocenters. The fraction of sp³-hybridized carbons (Fsp3) is 0.417. The first kappa shape index (κ1) is 12.5. The molecule has 0 heterocycles. The molecule has 0 amide bonds. The van der Waals surface area contributed by atoms with Gasteiger partial charge in [-0.3, -0.25) is 4.79 Å². The van der Waals surface area contributed by atoms with Crippen molar-refractivity contribution in [3.8, 4) is 11.5 Å². The summed E-state index contributed by atoms with van der Waals surface area (Å²) < 4.78 is 10.2. The maximum atomic E-state index is 11.3. The largest absolute Gasteiger partial charge is 0.493 e. The fourth-order valence-electron chi connectivity index (χ4n) is 1.27. The molecule has 16 heavy (non-hydrogen) atoms. The van der Waals surface area contributed by atoms with Crippen molar-refractivity contribution < 1.29 is 19.4 Å². The molecule has 0 aliphatic heterocycles. The molecule has 0 bridgehead atoms. The van der Waals surface area contributed by atoms with Crippen molar-refractivity contribution in [1.29, 1.82) is 0 Å². The highest BCUT2D eigenvalue weighted by Gasteiger charge is 2.09. The number of carbonyl (C=O) groups excluding carboxylic acids is 1. The molecule has 0 fully saturated rings. The van der Waals surface area contributed by atoms with Gasteiger partial charge in [-0.2, -0.15) is 0 Å². The van der Waals surface area contributed by atoms with E-state index >= 15 is 0 Å². The first-order chi connectivity index (χ1) is 7.71. The minimum atomic E-state index is -0.280. The smallest absolute Gasteiger partial charge is 0.311 e. The van der Waals surface area contributed by atoms with E-state index in [2.05, 4.69) is 0 Å². The normalized spacial score (nSPS) is 9.94. The summed E-state index contributed by atoms with van der Waals surface area (Å²) >= 11 is 0. The summed E-state index contributed by atoms with van der Waals surface area (Å²) in [7, 11) is 1.49. The monoisotopic (exact) mass is 224 g/mol. The van der Waals surface area contributed by atoms with Crippen molar-refractivity contribution in [2.24, 2.45) is 0 Å². The number of hydrogen-bond acceptors (Lipinski definition) is 4. The van der Waals surface area contributed by atoms with Gasteiger partial charge in [0.15, 0.2) is 11.5 Å². The van der Waals surface area contributed by atoms with E-state index in [1.807, 2.05) is 6.92 Å². The van der Waals surface area contributed by atoms with Gasteiger partial charge in [0.1, 0.15) is 0 Å². The summed E-state index contributed by atoms with van der Waals surface area (Å²) in [5.41, 5.74) is 0.715. The summed E-state index contributed by atoms with van der Waals surface area (Å²) in [4.78, 5) is 11.3. The quantitative estimate of drug-likeness (QED) is 0.613. The first-order valence-electron chi connectivity index (χ1n) is 5.19. The Kier molecular flexibility index (Phi) is 4.79. The molecule has 0 aliphatic carbocycles. The molecule has 0 radical (unpaired) electrons. The maximum Gasteiger partial charge on any atom is 0.311 e. The zero-order valence-corrected chi connectivity index (χ0v) is 9.53. The van der Waals surface area contributed by atoms with Gasteiger partial charge in [0.25, 0.3) is 0 Å². The molecule has 4 nitrogen and oxygen atoms in total. The number of esters is 1. The van der Waals surface area contributed by atoms with Gasteiger partial charge in [-0.15, -0.1) is 0 Å². The van der Waals surface area contributed by atoms with Gasteiger partial charge < -0.3 is 14.6 Å². The summed E-state index contributed by atoms with van der Waals surface area (Å²) in [5.74, 6) is 0.562. The Labute approximate surface area is 94.8 Å². The molecule has 0 saturated heterocycles. The van der Waals surface area contributed by atoms with Crippen LogP contribution in [0.15, 0.2) is 18.2 Å². The lowest BCUT2D eigenvalue weighted by molar-refractivity contribution is -0.134. The Morgan fingerprint density at radius 1 is 1.38 bits per heavy atom. The lowest BCUT2D eigenvalue weighted by Crippen LogP contribution is -2.08. The predicted octanol–water partition coefficient (Wildman–Crippen LogP) is 1.89.